The minimum Gasteiger partial charge on any atom is -0.309 e. The summed E-state index contributed by atoms with van der Waals surface area (Å²) < 4.78 is 43.1. The van der Waals surface area contributed by atoms with E-state index in [1.165, 1.54) is 24.3 Å². The van der Waals surface area contributed by atoms with Crippen LogP contribution < -0.4 is 4.90 Å². The predicted octanol–water partition coefficient (Wildman–Crippen LogP) is 11.7. The van der Waals surface area contributed by atoms with Gasteiger partial charge in [-0.05, 0) is 93.9 Å². The Morgan fingerprint density at radius 1 is 0.341 bits per heavy atom. The number of benzene rings is 7. The van der Waals surface area contributed by atoms with Crippen molar-refractivity contribution >= 4 is 27.8 Å². The third-order valence-corrected chi connectivity index (χ3v) is 7.81. The van der Waals surface area contributed by atoms with E-state index in [0.717, 1.165) is 44.8 Å². The number of rotatable bonds is 6. The second kappa shape index (κ2) is 11.6. The molecule has 0 amide bonds. The lowest BCUT2D eigenvalue weighted by molar-refractivity contribution is 0.584. The molecule has 0 aliphatic rings. The molecule has 0 saturated heterocycles. The van der Waals surface area contributed by atoms with Gasteiger partial charge in [0.2, 0.25) is 0 Å². The van der Waals surface area contributed by atoms with Crippen molar-refractivity contribution in [3.8, 4) is 33.4 Å². The summed E-state index contributed by atoms with van der Waals surface area (Å²) in [6, 6.07) is 48.3. The van der Waals surface area contributed by atoms with Crippen molar-refractivity contribution < 1.29 is 13.2 Å². The topological polar surface area (TPSA) is 3.24 Å². The summed E-state index contributed by atoms with van der Waals surface area (Å²) in [6.07, 6.45) is 0. The molecule has 7 aromatic rings. The number of fused-ring (bicyclic) bond motifs is 1. The third kappa shape index (κ3) is 5.23. The first-order valence-corrected chi connectivity index (χ1v) is 14.3. The highest BCUT2D eigenvalue weighted by Gasteiger charge is 2.21. The highest BCUT2D eigenvalue weighted by Crippen LogP contribution is 2.46. The fourth-order valence-electron chi connectivity index (χ4n) is 5.84. The smallest absolute Gasteiger partial charge is 0.126 e. The molecule has 0 spiro atoms. The summed E-state index contributed by atoms with van der Waals surface area (Å²) in [5.74, 6) is -1.67. The molecule has 0 unspecified atom stereocenters. The number of nitrogens with zero attached hydrogens (tertiary/aromatic N) is 1. The Balaban J connectivity index is 1.55. The van der Waals surface area contributed by atoms with Gasteiger partial charge in [0.1, 0.15) is 17.5 Å². The summed E-state index contributed by atoms with van der Waals surface area (Å²) in [5.41, 5.74) is 7.55. The summed E-state index contributed by atoms with van der Waals surface area (Å²) in [7, 11) is 0. The fraction of sp³-hybridized carbons (Fsp3) is 0. The fourth-order valence-corrected chi connectivity index (χ4v) is 5.84. The van der Waals surface area contributed by atoms with E-state index < -0.39 is 11.6 Å². The average molecular weight is 578 g/mol. The first-order valence-electron chi connectivity index (χ1n) is 14.3. The van der Waals surface area contributed by atoms with Gasteiger partial charge in [0.25, 0.3) is 0 Å². The van der Waals surface area contributed by atoms with Crippen molar-refractivity contribution in [3.63, 3.8) is 0 Å². The lowest BCUT2D eigenvalue weighted by Crippen LogP contribution is -2.12. The van der Waals surface area contributed by atoms with E-state index in [1.54, 1.807) is 12.1 Å². The molecule has 1 nitrogen and oxygen atoms in total. The maximum Gasteiger partial charge on any atom is 0.126 e. The Bertz CT molecular complexity index is 2070. The molecular weight excluding hydrogens is 551 g/mol. The van der Waals surface area contributed by atoms with E-state index in [9.17, 15) is 13.2 Å². The van der Waals surface area contributed by atoms with Gasteiger partial charge >= 0.3 is 0 Å². The van der Waals surface area contributed by atoms with Crippen LogP contribution in [0.2, 0.25) is 0 Å². The van der Waals surface area contributed by atoms with Crippen LogP contribution in [0.1, 0.15) is 0 Å². The van der Waals surface area contributed by atoms with Crippen LogP contribution in [0.25, 0.3) is 44.2 Å². The Kier molecular flexibility index (Phi) is 7.17. The molecule has 0 N–H and O–H groups in total. The Hall–Kier alpha value is -5.61. The van der Waals surface area contributed by atoms with Gasteiger partial charge in [-0.15, -0.1) is 0 Å². The molecule has 212 valence electrons. The molecule has 0 saturated carbocycles. The van der Waals surface area contributed by atoms with Gasteiger partial charge in [-0.25, -0.2) is 13.2 Å². The standard InChI is InChI=1S/C40H26F3N/c41-31-18-20-34(21-19-31)44(39-16-8-7-14-35(39)30-22-32(42)26-33(43)23-30)40-17-9-15-36-37(28-12-5-2-6-13-28)24-29(25-38(36)40)27-10-3-1-4-11-27/h1-26H. The Morgan fingerprint density at radius 2 is 0.955 bits per heavy atom. The normalized spacial score (nSPS) is 11.1. The molecule has 0 aliphatic heterocycles. The number of halogens is 3. The second-order valence-electron chi connectivity index (χ2n) is 10.6. The van der Waals surface area contributed by atoms with Gasteiger partial charge in [-0.1, -0.05) is 91.0 Å². The van der Waals surface area contributed by atoms with Crippen molar-refractivity contribution in [2.24, 2.45) is 0 Å². The molecule has 0 aliphatic carbocycles. The molecular formula is C40H26F3N. The zero-order chi connectivity index (χ0) is 30.0. The Morgan fingerprint density at radius 3 is 1.66 bits per heavy atom. The van der Waals surface area contributed by atoms with Crippen molar-refractivity contribution in [3.05, 3.63) is 175 Å². The van der Waals surface area contributed by atoms with Gasteiger partial charge in [-0.2, -0.15) is 0 Å². The third-order valence-electron chi connectivity index (χ3n) is 7.81. The van der Waals surface area contributed by atoms with Crippen molar-refractivity contribution in [2.45, 2.75) is 0 Å². The van der Waals surface area contributed by atoms with Gasteiger partial charge in [0.05, 0.1) is 11.4 Å². The summed E-state index contributed by atoms with van der Waals surface area (Å²) in [4.78, 5) is 2.03. The summed E-state index contributed by atoms with van der Waals surface area (Å²) in [6.45, 7) is 0. The Labute approximate surface area is 254 Å². The minimum absolute atomic E-state index is 0.357. The zero-order valence-corrected chi connectivity index (χ0v) is 23.6. The minimum atomic E-state index is -0.659. The van der Waals surface area contributed by atoms with Crippen LogP contribution in [0.15, 0.2) is 158 Å². The van der Waals surface area contributed by atoms with Crippen LogP contribution in [0.5, 0.6) is 0 Å². The number of hydrogen-bond donors (Lipinski definition) is 0. The van der Waals surface area contributed by atoms with Gasteiger partial charge < -0.3 is 4.90 Å². The van der Waals surface area contributed by atoms with E-state index in [4.69, 9.17) is 0 Å². The van der Waals surface area contributed by atoms with Gasteiger partial charge in [0, 0.05) is 22.7 Å². The molecule has 0 radical (unpaired) electrons. The first-order chi connectivity index (χ1) is 21.5. The monoisotopic (exact) mass is 577 g/mol. The van der Waals surface area contributed by atoms with Crippen molar-refractivity contribution in [1.29, 1.82) is 0 Å². The molecule has 0 heterocycles. The van der Waals surface area contributed by atoms with Crippen molar-refractivity contribution in [2.75, 3.05) is 4.90 Å². The molecule has 0 fully saturated rings. The summed E-state index contributed by atoms with van der Waals surface area (Å²) >= 11 is 0. The van der Waals surface area contributed by atoms with Gasteiger partial charge in [0.15, 0.2) is 0 Å². The summed E-state index contributed by atoms with van der Waals surface area (Å²) in [5, 5.41) is 2.01. The SMILES string of the molecule is Fc1ccc(N(c2ccccc2-c2cc(F)cc(F)c2)c2cccc3c(-c4ccccc4)cc(-c4ccccc4)cc23)cc1. The molecule has 7 rings (SSSR count). The molecule has 0 bridgehead atoms. The van der Waals surface area contributed by atoms with Crippen LogP contribution >= 0.6 is 0 Å². The molecule has 7 aromatic carbocycles. The van der Waals surface area contributed by atoms with Crippen LogP contribution in [-0.2, 0) is 0 Å². The van der Waals surface area contributed by atoms with Crippen LogP contribution in [0.4, 0.5) is 30.2 Å². The van der Waals surface area contributed by atoms with E-state index in [-0.39, 0.29) is 5.82 Å². The number of anilines is 3. The maximum absolute atomic E-state index is 14.5. The molecule has 4 heteroatoms. The molecule has 0 atom stereocenters. The maximum atomic E-state index is 14.5. The van der Waals surface area contributed by atoms with E-state index in [1.807, 2.05) is 77.7 Å². The molecule has 0 aromatic heterocycles. The van der Waals surface area contributed by atoms with Crippen LogP contribution in [0.3, 0.4) is 0 Å². The van der Waals surface area contributed by atoms with Crippen LogP contribution in [-0.4, -0.2) is 0 Å². The average Bonchev–Trinajstić information content (AvgIpc) is 3.06. The first kappa shape index (κ1) is 27.2. The van der Waals surface area contributed by atoms with Crippen molar-refractivity contribution in [1.82, 2.24) is 0 Å². The lowest BCUT2D eigenvalue weighted by Gasteiger charge is -2.29. The van der Waals surface area contributed by atoms with Crippen LogP contribution in [0, 0.1) is 17.5 Å². The zero-order valence-electron chi connectivity index (χ0n) is 23.6. The largest absolute Gasteiger partial charge is 0.309 e. The second-order valence-corrected chi connectivity index (χ2v) is 10.6. The van der Waals surface area contributed by atoms with E-state index >= 15 is 0 Å². The van der Waals surface area contributed by atoms with Gasteiger partial charge in [-0.3, -0.25) is 0 Å². The number of hydrogen-bond acceptors (Lipinski definition) is 1. The number of para-hydroxylation sites is 1. The predicted molar refractivity (Wildman–Crippen MR) is 175 cm³/mol. The van der Waals surface area contributed by atoms with E-state index in [2.05, 4.69) is 42.5 Å². The highest BCUT2D eigenvalue weighted by molar-refractivity contribution is 6.08. The molecule has 44 heavy (non-hydrogen) atoms. The highest BCUT2D eigenvalue weighted by atomic mass is 19.1. The quantitative estimate of drug-likeness (QED) is 0.190. The van der Waals surface area contributed by atoms with E-state index in [0.29, 0.717) is 22.5 Å². The lowest BCUT2D eigenvalue weighted by atomic mass is 9.91.